The van der Waals surface area contributed by atoms with Gasteiger partial charge in [-0.05, 0) is 36.1 Å². The molecule has 1 atom stereocenters. The summed E-state index contributed by atoms with van der Waals surface area (Å²) in [5, 5.41) is 3.99. The normalized spacial score (nSPS) is 22.8. The van der Waals surface area contributed by atoms with Gasteiger partial charge in [-0.15, -0.1) is 0 Å². The third kappa shape index (κ3) is 2.91. The largest absolute Gasteiger partial charge is 0.497 e. The van der Waals surface area contributed by atoms with E-state index in [1.165, 1.54) is 0 Å². The number of nitrogens with zero attached hydrogens (tertiary/aromatic N) is 2. The van der Waals surface area contributed by atoms with Crippen LogP contribution < -0.4 is 9.64 Å². The molecular formula is C19H20N2O3S. The van der Waals surface area contributed by atoms with Gasteiger partial charge in [-0.25, -0.2) is 0 Å². The Balaban J connectivity index is 1.49. The van der Waals surface area contributed by atoms with E-state index >= 15 is 0 Å². The maximum absolute atomic E-state index is 12.8. The highest BCUT2D eigenvalue weighted by atomic mass is 32.1. The van der Waals surface area contributed by atoms with Gasteiger partial charge in [0.1, 0.15) is 5.75 Å². The number of hydrogen-bond donors (Lipinski definition) is 0. The summed E-state index contributed by atoms with van der Waals surface area (Å²) < 4.78 is 5.21. The van der Waals surface area contributed by atoms with Crippen LogP contribution in [-0.4, -0.2) is 43.5 Å². The molecule has 0 aliphatic carbocycles. The number of methoxy groups -OCH3 is 1. The SMILES string of the molecule is COc1cccc(C(=O)N2CC[C@@]3(CC(=O)N(c4ccsc4)C3)C2)c1. The van der Waals surface area contributed by atoms with Gasteiger partial charge in [0.05, 0.1) is 12.8 Å². The predicted octanol–water partition coefficient (Wildman–Crippen LogP) is 3.03. The molecule has 2 fully saturated rings. The number of benzene rings is 1. The maximum atomic E-state index is 12.8. The third-order valence-corrected chi connectivity index (χ3v) is 5.85. The molecule has 0 saturated carbocycles. The Labute approximate surface area is 150 Å². The Hall–Kier alpha value is -2.34. The van der Waals surface area contributed by atoms with Crippen LogP contribution in [0.2, 0.25) is 0 Å². The first-order chi connectivity index (χ1) is 12.1. The molecule has 1 aromatic carbocycles. The van der Waals surface area contributed by atoms with Crippen LogP contribution in [-0.2, 0) is 4.79 Å². The number of thiophene rings is 1. The van der Waals surface area contributed by atoms with Gasteiger partial charge in [0.15, 0.2) is 0 Å². The minimum absolute atomic E-state index is 0.0113. The highest BCUT2D eigenvalue weighted by Gasteiger charge is 2.48. The number of carbonyl (C=O) groups is 2. The van der Waals surface area contributed by atoms with Gasteiger partial charge >= 0.3 is 0 Å². The van der Waals surface area contributed by atoms with E-state index in [1.54, 1.807) is 24.5 Å². The molecule has 1 spiro atoms. The quantitative estimate of drug-likeness (QED) is 0.849. The number of rotatable bonds is 3. The molecule has 5 nitrogen and oxygen atoms in total. The van der Waals surface area contributed by atoms with Crippen molar-refractivity contribution in [3.05, 3.63) is 46.7 Å². The molecule has 2 aliphatic rings. The van der Waals surface area contributed by atoms with Crippen LogP contribution in [0.25, 0.3) is 0 Å². The molecule has 2 amide bonds. The fraction of sp³-hybridized carbons (Fsp3) is 0.368. The van der Waals surface area contributed by atoms with Gasteiger partial charge in [0, 0.05) is 42.4 Å². The van der Waals surface area contributed by atoms with Crippen LogP contribution in [0.3, 0.4) is 0 Å². The predicted molar refractivity (Wildman–Crippen MR) is 97.2 cm³/mol. The lowest BCUT2D eigenvalue weighted by Crippen LogP contribution is -2.34. The van der Waals surface area contributed by atoms with E-state index in [0.29, 0.717) is 37.4 Å². The Morgan fingerprint density at radius 1 is 1.28 bits per heavy atom. The zero-order chi connectivity index (χ0) is 17.4. The van der Waals surface area contributed by atoms with Crippen LogP contribution in [0, 0.1) is 5.41 Å². The van der Waals surface area contributed by atoms with Crippen LogP contribution in [0.5, 0.6) is 5.75 Å². The molecule has 3 heterocycles. The van der Waals surface area contributed by atoms with Gasteiger partial charge in [-0.1, -0.05) is 6.07 Å². The van der Waals surface area contributed by atoms with Gasteiger partial charge in [0.25, 0.3) is 5.91 Å². The average molecular weight is 356 g/mol. The second-order valence-corrected chi connectivity index (χ2v) is 7.63. The summed E-state index contributed by atoms with van der Waals surface area (Å²) in [6.07, 6.45) is 1.39. The monoisotopic (exact) mass is 356 g/mol. The Morgan fingerprint density at radius 2 is 2.16 bits per heavy atom. The van der Waals surface area contributed by atoms with E-state index in [1.807, 2.05) is 44.8 Å². The van der Waals surface area contributed by atoms with Gasteiger partial charge in [-0.2, -0.15) is 11.3 Å². The molecule has 0 unspecified atom stereocenters. The fourth-order valence-electron chi connectivity index (χ4n) is 3.86. The molecule has 6 heteroatoms. The highest BCUT2D eigenvalue weighted by molar-refractivity contribution is 7.08. The highest BCUT2D eigenvalue weighted by Crippen LogP contribution is 2.42. The zero-order valence-corrected chi connectivity index (χ0v) is 14.9. The van der Waals surface area contributed by atoms with E-state index in [9.17, 15) is 9.59 Å². The zero-order valence-electron chi connectivity index (χ0n) is 14.1. The van der Waals surface area contributed by atoms with E-state index in [0.717, 1.165) is 12.1 Å². The topological polar surface area (TPSA) is 49.9 Å². The van der Waals surface area contributed by atoms with Crippen molar-refractivity contribution in [2.45, 2.75) is 12.8 Å². The van der Waals surface area contributed by atoms with Crippen molar-refractivity contribution in [1.29, 1.82) is 0 Å². The van der Waals surface area contributed by atoms with Crippen molar-refractivity contribution >= 4 is 28.8 Å². The van der Waals surface area contributed by atoms with Crippen molar-refractivity contribution < 1.29 is 14.3 Å². The molecule has 2 saturated heterocycles. The summed E-state index contributed by atoms with van der Waals surface area (Å²) in [5.41, 5.74) is 1.49. The van der Waals surface area contributed by atoms with Gasteiger partial charge in [-0.3, -0.25) is 9.59 Å². The van der Waals surface area contributed by atoms with E-state index in [-0.39, 0.29) is 17.2 Å². The number of hydrogen-bond acceptors (Lipinski definition) is 4. The molecule has 130 valence electrons. The van der Waals surface area contributed by atoms with Crippen molar-refractivity contribution in [2.75, 3.05) is 31.6 Å². The standard InChI is InChI=1S/C19H20N2O3S/c1-24-16-4-2-3-14(9-16)18(23)20-7-6-19(12-20)10-17(22)21(13-19)15-5-8-25-11-15/h2-5,8-9,11H,6-7,10,12-13H2,1H3/t19-/m1/s1. The lowest BCUT2D eigenvalue weighted by molar-refractivity contribution is -0.117. The number of ether oxygens (including phenoxy) is 1. The maximum Gasteiger partial charge on any atom is 0.254 e. The second kappa shape index (κ2) is 6.19. The minimum Gasteiger partial charge on any atom is -0.497 e. The fourth-order valence-corrected chi connectivity index (χ4v) is 4.50. The third-order valence-electron chi connectivity index (χ3n) is 5.18. The van der Waals surface area contributed by atoms with Crippen molar-refractivity contribution in [3.8, 4) is 5.75 Å². The lowest BCUT2D eigenvalue weighted by atomic mass is 9.86. The first-order valence-electron chi connectivity index (χ1n) is 8.36. The molecule has 25 heavy (non-hydrogen) atoms. The Bertz CT molecular complexity index is 805. The van der Waals surface area contributed by atoms with Crippen molar-refractivity contribution in [2.24, 2.45) is 5.41 Å². The number of amides is 2. The number of carbonyl (C=O) groups excluding carboxylic acids is 2. The minimum atomic E-state index is -0.118. The smallest absolute Gasteiger partial charge is 0.254 e. The van der Waals surface area contributed by atoms with Crippen molar-refractivity contribution in [1.82, 2.24) is 4.90 Å². The first kappa shape index (κ1) is 16.1. The van der Waals surface area contributed by atoms with Gasteiger partial charge < -0.3 is 14.5 Å². The summed E-state index contributed by atoms with van der Waals surface area (Å²) in [6, 6.07) is 9.22. The molecular weight excluding hydrogens is 336 g/mol. The van der Waals surface area contributed by atoms with Crippen LogP contribution in [0.15, 0.2) is 41.1 Å². The van der Waals surface area contributed by atoms with E-state index < -0.39 is 0 Å². The van der Waals surface area contributed by atoms with E-state index in [4.69, 9.17) is 4.74 Å². The Morgan fingerprint density at radius 3 is 2.92 bits per heavy atom. The average Bonchev–Trinajstić information content (AvgIpc) is 3.35. The van der Waals surface area contributed by atoms with Crippen LogP contribution >= 0.6 is 11.3 Å². The number of anilines is 1. The summed E-state index contributed by atoms with van der Waals surface area (Å²) in [4.78, 5) is 29.0. The second-order valence-electron chi connectivity index (χ2n) is 6.85. The molecule has 2 aromatic rings. The van der Waals surface area contributed by atoms with Gasteiger partial charge in [0.2, 0.25) is 5.91 Å². The summed E-state index contributed by atoms with van der Waals surface area (Å²) in [6.45, 7) is 2.03. The molecule has 4 rings (SSSR count). The van der Waals surface area contributed by atoms with Crippen molar-refractivity contribution in [3.63, 3.8) is 0 Å². The molecule has 0 bridgehead atoms. The Kier molecular flexibility index (Phi) is 4.00. The molecule has 1 aromatic heterocycles. The summed E-state index contributed by atoms with van der Waals surface area (Å²) in [5.74, 6) is 0.853. The first-order valence-corrected chi connectivity index (χ1v) is 9.30. The van der Waals surface area contributed by atoms with Crippen LogP contribution in [0.4, 0.5) is 5.69 Å². The summed E-state index contributed by atoms with van der Waals surface area (Å²) in [7, 11) is 1.59. The summed E-state index contributed by atoms with van der Waals surface area (Å²) >= 11 is 1.60. The number of likely N-dealkylation sites (tertiary alicyclic amines) is 1. The lowest BCUT2D eigenvalue weighted by Gasteiger charge is -2.24. The van der Waals surface area contributed by atoms with Crippen LogP contribution in [0.1, 0.15) is 23.2 Å². The molecule has 0 radical (unpaired) electrons. The molecule has 2 aliphatic heterocycles. The van der Waals surface area contributed by atoms with E-state index in [2.05, 4.69) is 0 Å². The molecule has 0 N–H and O–H groups in total.